The van der Waals surface area contributed by atoms with E-state index in [9.17, 15) is 0 Å². The van der Waals surface area contributed by atoms with Crippen LogP contribution in [-0.4, -0.2) is 25.6 Å². The van der Waals surface area contributed by atoms with E-state index in [1.54, 1.807) is 0 Å². The molecule has 5 aromatic heterocycles. The number of fused-ring (bicyclic) bond motifs is 13. The molecule has 6 heterocycles. The molecule has 9 nitrogen and oxygen atoms in total. The minimum Gasteiger partial charge on any atom is -0.455 e. The zero-order valence-corrected chi connectivity index (χ0v) is 37.4. The molecule has 330 valence electrons. The summed E-state index contributed by atoms with van der Waals surface area (Å²) in [7, 11) is 0. The van der Waals surface area contributed by atoms with E-state index in [1.807, 2.05) is 66.9 Å². The monoisotopic (exact) mass is 902 g/mol. The van der Waals surface area contributed by atoms with Gasteiger partial charge in [0.25, 0.3) is 0 Å². The maximum absolute atomic E-state index is 7.18. The summed E-state index contributed by atoms with van der Waals surface area (Å²) in [6.45, 7) is 0.529. The third-order valence-electron chi connectivity index (χ3n) is 13.8. The minimum absolute atomic E-state index is 0.529. The Balaban J connectivity index is 0.947. The number of hydrogen-bond donors (Lipinski definition) is 0. The topological polar surface area (TPSA) is 77.1 Å². The van der Waals surface area contributed by atoms with Gasteiger partial charge in [0.2, 0.25) is 5.78 Å². The van der Waals surface area contributed by atoms with Crippen molar-refractivity contribution in [1.29, 1.82) is 0 Å². The maximum atomic E-state index is 7.18. The molecule has 9 heteroatoms. The summed E-state index contributed by atoms with van der Waals surface area (Å²) in [5.41, 5.74) is 15.6. The molecule has 0 fully saturated rings. The molecule has 0 bridgehead atoms. The van der Waals surface area contributed by atoms with Gasteiger partial charge in [0.15, 0.2) is 11.3 Å². The van der Waals surface area contributed by atoms with Gasteiger partial charge < -0.3 is 23.4 Å². The largest absolute Gasteiger partial charge is 0.455 e. The molecule has 0 aliphatic carbocycles. The van der Waals surface area contributed by atoms with Gasteiger partial charge >= 0.3 is 0 Å². The van der Waals surface area contributed by atoms with Crippen molar-refractivity contribution in [3.05, 3.63) is 219 Å². The SMILES string of the molecule is c1ccc(-c2cccc(-c3ccccc3)c2N2CN(c3cc(Oc4ccc5c(c4)n(-c4ccccn4)c4nc6ccccc6n54)c4oc5ccc6c7ccccc7oc6c5c4c3)c3ccccc32)cc1. The van der Waals surface area contributed by atoms with Crippen LogP contribution in [0.5, 0.6) is 11.5 Å². The lowest BCUT2D eigenvalue weighted by Crippen LogP contribution is -2.25. The highest BCUT2D eigenvalue weighted by atomic mass is 16.5. The van der Waals surface area contributed by atoms with Gasteiger partial charge in [-0.3, -0.25) is 8.97 Å². The minimum atomic E-state index is 0.529. The normalized spacial score (nSPS) is 12.7. The van der Waals surface area contributed by atoms with Crippen LogP contribution in [0.3, 0.4) is 0 Å². The first-order chi connectivity index (χ1) is 34.7. The van der Waals surface area contributed by atoms with Gasteiger partial charge in [0.05, 0.1) is 44.5 Å². The zero-order chi connectivity index (χ0) is 45.9. The smallest absolute Gasteiger partial charge is 0.221 e. The zero-order valence-electron chi connectivity index (χ0n) is 37.4. The van der Waals surface area contributed by atoms with E-state index in [-0.39, 0.29) is 0 Å². The highest BCUT2D eigenvalue weighted by molar-refractivity contribution is 6.23. The van der Waals surface area contributed by atoms with Gasteiger partial charge in [-0.15, -0.1) is 0 Å². The van der Waals surface area contributed by atoms with Crippen LogP contribution in [0, 0.1) is 0 Å². The van der Waals surface area contributed by atoms with Crippen LogP contribution in [0.1, 0.15) is 0 Å². The molecule has 0 atom stereocenters. The summed E-state index contributed by atoms with van der Waals surface area (Å²) < 4.78 is 25.1. The van der Waals surface area contributed by atoms with Crippen LogP contribution in [-0.2, 0) is 0 Å². The summed E-state index contributed by atoms with van der Waals surface area (Å²) in [4.78, 5) is 14.7. The Morgan fingerprint density at radius 3 is 2.00 bits per heavy atom. The summed E-state index contributed by atoms with van der Waals surface area (Å²) in [5, 5.41) is 3.87. The molecule has 0 unspecified atom stereocenters. The lowest BCUT2D eigenvalue weighted by atomic mass is 9.95. The molecule has 0 N–H and O–H groups in total. The predicted molar refractivity (Wildman–Crippen MR) is 281 cm³/mol. The molecule has 0 amide bonds. The lowest BCUT2D eigenvalue weighted by Gasteiger charge is -2.27. The van der Waals surface area contributed by atoms with Gasteiger partial charge in [-0.1, -0.05) is 127 Å². The van der Waals surface area contributed by atoms with Crippen molar-refractivity contribution < 1.29 is 13.6 Å². The molecule has 15 rings (SSSR count). The van der Waals surface area contributed by atoms with E-state index in [4.69, 9.17) is 23.5 Å². The van der Waals surface area contributed by atoms with Gasteiger partial charge in [-0.2, -0.15) is 0 Å². The first kappa shape index (κ1) is 38.5. The van der Waals surface area contributed by atoms with Crippen LogP contribution in [0.2, 0.25) is 0 Å². The molecule has 9 aromatic carbocycles. The average molecular weight is 903 g/mol. The van der Waals surface area contributed by atoms with Crippen molar-refractivity contribution in [3.8, 4) is 39.6 Å². The molecular weight excluding hydrogens is 865 g/mol. The highest BCUT2D eigenvalue weighted by Crippen LogP contribution is 2.52. The fourth-order valence-electron chi connectivity index (χ4n) is 10.8. The fraction of sp³-hybridized carbons (Fsp3) is 0.0164. The summed E-state index contributed by atoms with van der Waals surface area (Å²) in [6.07, 6.45) is 1.81. The molecule has 1 aliphatic rings. The Kier molecular flexibility index (Phi) is 8.22. The number of aromatic nitrogens is 4. The summed E-state index contributed by atoms with van der Waals surface area (Å²) >= 11 is 0. The number of furan rings is 2. The average Bonchev–Trinajstić information content (AvgIpc) is 4.24. The van der Waals surface area contributed by atoms with Crippen molar-refractivity contribution in [2.45, 2.75) is 0 Å². The van der Waals surface area contributed by atoms with Crippen LogP contribution >= 0.6 is 0 Å². The van der Waals surface area contributed by atoms with E-state index in [1.165, 1.54) is 0 Å². The van der Waals surface area contributed by atoms with Gasteiger partial charge in [0, 0.05) is 51.3 Å². The molecule has 0 saturated carbocycles. The standard InChI is InChI=1S/C61H38N6O3/c1-3-16-38(17-4-1)42-21-15-22-43(39-18-5-2-6-19-39)58(42)65-37-64(49-25-10-11-26-50(49)65)40-34-46-57-54(32-30-45-44-20-7-12-27-53(44)69-60(45)57)70-59(46)55(35-40)68-41-29-31-51-52(36-41)67(56-28-13-14-33-62-56)61-63-47-23-8-9-24-48(47)66(51)61/h1-36H,37H2. The number of nitrogens with zero attached hydrogens (tertiary/aromatic N) is 6. The lowest BCUT2D eigenvalue weighted by molar-refractivity contribution is 0.477. The van der Waals surface area contributed by atoms with Crippen molar-refractivity contribution in [3.63, 3.8) is 0 Å². The Labute approximate surface area is 399 Å². The Morgan fingerprint density at radius 1 is 0.486 bits per heavy atom. The molecule has 14 aromatic rings. The number of benzene rings is 9. The van der Waals surface area contributed by atoms with E-state index in [2.05, 4.69) is 170 Å². The second kappa shape index (κ2) is 15.0. The predicted octanol–water partition coefficient (Wildman–Crippen LogP) is 16.0. The number of anilines is 4. The number of para-hydroxylation sites is 6. The molecule has 70 heavy (non-hydrogen) atoms. The van der Waals surface area contributed by atoms with Crippen molar-refractivity contribution in [2.75, 3.05) is 16.5 Å². The Bertz CT molecular complexity index is 4320. The van der Waals surface area contributed by atoms with Crippen molar-refractivity contribution in [1.82, 2.24) is 18.9 Å². The second-order valence-electron chi connectivity index (χ2n) is 17.8. The van der Waals surface area contributed by atoms with E-state index < -0.39 is 0 Å². The maximum Gasteiger partial charge on any atom is 0.221 e. The van der Waals surface area contributed by atoms with Crippen molar-refractivity contribution in [2.24, 2.45) is 0 Å². The third kappa shape index (κ3) is 5.72. The Hall–Kier alpha value is -9.60. The van der Waals surface area contributed by atoms with Crippen molar-refractivity contribution >= 4 is 94.5 Å². The number of hydrogen-bond acceptors (Lipinski definition) is 7. The van der Waals surface area contributed by atoms with Gasteiger partial charge in [-0.25, -0.2) is 9.97 Å². The molecule has 1 aliphatic heterocycles. The van der Waals surface area contributed by atoms with Crippen LogP contribution < -0.4 is 14.5 Å². The highest BCUT2D eigenvalue weighted by Gasteiger charge is 2.33. The Morgan fingerprint density at radius 2 is 1.20 bits per heavy atom. The number of ether oxygens (including phenoxy) is 1. The molecule has 0 saturated heterocycles. The molecule has 0 radical (unpaired) electrons. The second-order valence-corrected chi connectivity index (χ2v) is 17.8. The van der Waals surface area contributed by atoms with Crippen LogP contribution in [0.4, 0.5) is 22.7 Å². The third-order valence-corrected chi connectivity index (χ3v) is 13.8. The first-order valence-corrected chi connectivity index (χ1v) is 23.4. The van der Waals surface area contributed by atoms with E-state index >= 15 is 0 Å². The fourth-order valence-corrected chi connectivity index (χ4v) is 10.8. The number of rotatable bonds is 7. The van der Waals surface area contributed by atoms with E-state index in [0.717, 1.165) is 111 Å². The van der Waals surface area contributed by atoms with Crippen LogP contribution in [0.25, 0.3) is 99.8 Å². The summed E-state index contributed by atoms with van der Waals surface area (Å²) in [6, 6.07) is 73.7. The number of pyridine rings is 1. The van der Waals surface area contributed by atoms with Gasteiger partial charge in [0.1, 0.15) is 35.0 Å². The number of imidazole rings is 2. The van der Waals surface area contributed by atoms with E-state index in [0.29, 0.717) is 29.3 Å². The van der Waals surface area contributed by atoms with Gasteiger partial charge in [-0.05, 0) is 83.9 Å². The molecule has 0 spiro atoms. The quantitative estimate of drug-likeness (QED) is 0.158. The molecular formula is C61H38N6O3. The first-order valence-electron chi connectivity index (χ1n) is 23.4. The van der Waals surface area contributed by atoms with Crippen LogP contribution in [0.15, 0.2) is 227 Å². The summed E-state index contributed by atoms with van der Waals surface area (Å²) in [5.74, 6) is 2.73.